The van der Waals surface area contributed by atoms with Crippen LogP contribution in [0.25, 0.3) is 0 Å². The average Bonchev–Trinajstić information content (AvgIpc) is 2.23. The topological polar surface area (TPSA) is 78.4 Å². The zero-order valence-electron chi connectivity index (χ0n) is 12.3. The van der Waals surface area contributed by atoms with Gasteiger partial charge in [0.1, 0.15) is 6.04 Å². The maximum absolute atomic E-state index is 11.9. The number of hydrogen-bond donors (Lipinski definition) is 3. The first-order chi connectivity index (χ1) is 8.79. The Morgan fingerprint density at radius 2 is 1.63 bits per heavy atom. The summed E-state index contributed by atoms with van der Waals surface area (Å²) in [7, 11) is 0. The van der Waals surface area contributed by atoms with Gasteiger partial charge in [-0.25, -0.2) is 9.59 Å². The molecule has 3 atom stereocenters. The molecule has 0 bridgehead atoms. The second kappa shape index (κ2) is 6.78. The van der Waals surface area contributed by atoms with Gasteiger partial charge in [-0.1, -0.05) is 27.7 Å². The quantitative estimate of drug-likeness (QED) is 0.733. The fraction of sp³-hybridized carbons (Fsp3) is 0.857. The van der Waals surface area contributed by atoms with Crippen molar-refractivity contribution in [2.45, 2.75) is 59.0 Å². The van der Waals surface area contributed by atoms with Crippen molar-refractivity contribution in [1.82, 2.24) is 10.6 Å². The zero-order chi connectivity index (χ0) is 14.6. The Morgan fingerprint density at radius 1 is 1.11 bits per heavy atom. The maximum atomic E-state index is 11.9. The summed E-state index contributed by atoms with van der Waals surface area (Å²) < 4.78 is 0. The van der Waals surface area contributed by atoms with E-state index in [4.69, 9.17) is 5.11 Å². The number of nitrogens with one attached hydrogen (secondary N) is 2. The summed E-state index contributed by atoms with van der Waals surface area (Å²) in [5, 5.41) is 14.5. The highest BCUT2D eigenvalue weighted by molar-refractivity contribution is 5.82. The molecule has 5 heteroatoms. The molecule has 0 aromatic rings. The predicted molar refractivity (Wildman–Crippen MR) is 73.9 cm³/mol. The average molecular weight is 270 g/mol. The van der Waals surface area contributed by atoms with E-state index in [0.717, 1.165) is 12.8 Å². The SMILES string of the molecule is CC1CC(C)CC(NC(=O)N[C@@H](C(=O)O)C(C)C)C1. The largest absolute Gasteiger partial charge is 0.480 e. The van der Waals surface area contributed by atoms with Gasteiger partial charge in [0.05, 0.1) is 0 Å². The number of amides is 2. The van der Waals surface area contributed by atoms with Crippen LogP contribution in [0.15, 0.2) is 0 Å². The van der Waals surface area contributed by atoms with E-state index >= 15 is 0 Å². The first kappa shape index (κ1) is 15.8. The van der Waals surface area contributed by atoms with E-state index in [1.807, 2.05) is 0 Å². The van der Waals surface area contributed by atoms with Gasteiger partial charge in [-0.3, -0.25) is 0 Å². The molecule has 2 unspecified atom stereocenters. The number of carbonyl (C=O) groups excluding carboxylic acids is 1. The van der Waals surface area contributed by atoms with Gasteiger partial charge in [0.25, 0.3) is 0 Å². The van der Waals surface area contributed by atoms with Gasteiger partial charge in [0.2, 0.25) is 0 Å². The Labute approximate surface area is 115 Å². The number of carboxylic acid groups (broad SMARTS) is 1. The molecule has 2 amide bonds. The number of urea groups is 1. The molecular weight excluding hydrogens is 244 g/mol. The van der Waals surface area contributed by atoms with Gasteiger partial charge in [-0.05, 0) is 37.0 Å². The number of rotatable bonds is 4. The van der Waals surface area contributed by atoms with Crippen LogP contribution in [0.3, 0.4) is 0 Å². The monoisotopic (exact) mass is 270 g/mol. The van der Waals surface area contributed by atoms with Gasteiger partial charge in [0.15, 0.2) is 0 Å². The summed E-state index contributed by atoms with van der Waals surface area (Å²) >= 11 is 0. The molecule has 1 saturated carbocycles. The van der Waals surface area contributed by atoms with Crippen LogP contribution in [-0.4, -0.2) is 29.2 Å². The standard InChI is InChI=1S/C14H26N2O3/c1-8(2)12(13(17)18)16-14(19)15-11-6-9(3)5-10(4)7-11/h8-12H,5-7H2,1-4H3,(H,17,18)(H2,15,16,19)/t9?,10?,11?,12-/m1/s1. The van der Waals surface area contributed by atoms with Crippen LogP contribution >= 0.6 is 0 Å². The van der Waals surface area contributed by atoms with Gasteiger partial charge in [-0.2, -0.15) is 0 Å². The Bertz CT molecular complexity index is 321. The molecule has 1 fully saturated rings. The van der Waals surface area contributed by atoms with Gasteiger partial charge < -0.3 is 15.7 Å². The lowest BCUT2D eigenvalue weighted by Gasteiger charge is -2.32. The van der Waals surface area contributed by atoms with E-state index in [9.17, 15) is 9.59 Å². The molecule has 0 heterocycles. The normalized spacial score (nSPS) is 28.8. The Kier molecular flexibility index (Phi) is 5.63. The number of carbonyl (C=O) groups is 2. The summed E-state index contributed by atoms with van der Waals surface area (Å²) in [5.41, 5.74) is 0. The number of hydrogen-bond acceptors (Lipinski definition) is 2. The van der Waals surface area contributed by atoms with Crippen LogP contribution in [0.2, 0.25) is 0 Å². The third-order valence-electron chi connectivity index (χ3n) is 3.73. The van der Waals surface area contributed by atoms with Gasteiger partial charge in [0, 0.05) is 6.04 Å². The smallest absolute Gasteiger partial charge is 0.326 e. The molecule has 5 nitrogen and oxygen atoms in total. The minimum absolute atomic E-state index is 0.132. The first-order valence-corrected chi connectivity index (χ1v) is 7.09. The Hall–Kier alpha value is -1.26. The lowest BCUT2D eigenvalue weighted by Crippen LogP contribution is -2.52. The highest BCUT2D eigenvalue weighted by atomic mass is 16.4. The molecule has 110 valence electrons. The lowest BCUT2D eigenvalue weighted by molar-refractivity contribution is -0.140. The molecule has 0 aromatic carbocycles. The van der Waals surface area contributed by atoms with Crippen molar-refractivity contribution in [3.63, 3.8) is 0 Å². The summed E-state index contributed by atoms with van der Waals surface area (Å²) in [5.74, 6) is 0.0897. The Balaban J connectivity index is 2.48. The van der Waals surface area contributed by atoms with Crippen molar-refractivity contribution in [1.29, 1.82) is 0 Å². The Morgan fingerprint density at radius 3 is 2.05 bits per heavy atom. The van der Waals surface area contributed by atoms with E-state index in [0.29, 0.717) is 11.8 Å². The fourth-order valence-corrected chi connectivity index (χ4v) is 2.95. The van der Waals surface area contributed by atoms with Crippen LogP contribution < -0.4 is 10.6 Å². The minimum Gasteiger partial charge on any atom is -0.480 e. The third kappa shape index (κ3) is 5.09. The van der Waals surface area contributed by atoms with Crippen LogP contribution in [0.5, 0.6) is 0 Å². The van der Waals surface area contributed by atoms with E-state index in [1.165, 1.54) is 6.42 Å². The highest BCUT2D eigenvalue weighted by Gasteiger charge is 2.27. The van der Waals surface area contributed by atoms with Crippen molar-refractivity contribution in [3.8, 4) is 0 Å². The van der Waals surface area contributed by atoms with Crippen molar-refractivity contribution in [2.75, 3.05) is 0 Å². The molecule has 0 radical (unpaired) electrons. The van der Waals surface area contributed by atoms with Crippen LogP contribution in [0.4, 0.5) is 4.79 Å². The van der Waals surface area contributed by atoms with Crippen molar-refractivity contribution in [2.24, 2.45) is 17.8 Å². The second-order valence-corrected chi connectivity index (χ2v) is 6.29. The van der Waals surface area contributed by atoms with E-state index < -0.39 is 12.0 Å². The molecule has 1 aliphatic carbocycles. The highest BCUT2D eigenvalue weighted by Crippen LogP contribution is 2.28. The minimum atomic E-state index is -0.990. The van der Waals surface area contributed by atoms with Crippen LogP contribution in [-0.2, 0) is 4.79 Å². The van der Waals surface area contributed by atoms with Gasteiger partial charge >= 0.3 is 12.0 Å². The van der Waals surface area contributed by atoms with E-state index in [-0.39, 0.29) is 18.0 Å². The van der Waals surface area contributed by atoms with Crippen molar-refractivity contribution in [3.05, 3.63) is 0 Å². The van der Waals surface area contributed by atoms with Crippen LogP contribution in [0.1, 0.15) is 47.0 Å². The van der Waals surface area contributed by atoms with Crippen molar-refractivity contribution >= 4 is 12.0 Å². The second-order valence-electron chi connectivity index (χ2n) is 6.29. The number of aliphatic carboxylic acids is 1. The molecule has 0 spiro atoms. The van der Waals surface area contributed by atoms with E-state index in [1.54, 1.807) is 13.8 Å². The van der Waals surface area contributed by atoms with Gasteiger partial charge in [-0.15, -0.1) is 0 Å². The summed E-state index contributed by atoms with van der Waals surface area (Å²) in [6, 6.07) is -1.05. The van der Waals surface area contributed by atoms with Crippen molar-refractivity contribution < 1.29 is 14.7 Å². The zero-order valence-corrected chi connectivity index (χ0v) is 12.3. The maximum Gasteiger partial charge on any atom is 0.326 e. The lowest BCUT2D eigenvalue weighted by atomic mass is 9.80. The molecule has 0 aromatic heterocycles. The molecule has 0 saturated heterocycles. The third-order valence-corrected chi connectivity index (χ3v) is 3.73. The number of carboxylic acids is 1. The molecular formula is C14H26N2O3. The molecule has 19 heavy (non-hydrogen) atoms. The van der Waals surface area contributed by atoms with Crippen LogP contribution in [0, 0.1) is 17.8 Å². The summed E-state index contributed by atoms with van der Waals surface area (Å²) in [6.45, 7) is 7.94. The predicted octanol–water partition coefficient (Wildman–Crippen LogP) is 2.22. The fourth-order valence-electron chi connectivity index (χ4n) is 2.95. The molecule has 0 aliphatic heterocycles. The molecule has 3 N–H and O–H groups in total. The first-order valence-electron chi connectivity index (χ1n) is 7.09. The summed E-state index contributed by atoms with van der Waals surface area (Å²) in [4.78, 5) is 22.9. The van der Waals surface area contributed by atoms with E-state index in [2.05, 4.69) is 24.5 Å². The molecule has 1 aliphatic rings. The summed E-state index contributed by atoms with van der Waals surface area (Å²) in [6.07, 6.45) is 3.14. The molecule has 1 rings (SSSR count).